The van der Waals surface area contributed by atoms with Crippen molar-refractivity contribution in [3.63, 3.8) is 0 Å². The van der Waals surface area contributed by atoms with Crippen LogP contribution in [0.15, 0.2) is 53.4 Å². The van der Waals surface area contributed by atoms with Crippen molar-refractivity contribution >= 4 is 27.3 Å². The van der Waals surface area contributed by atoms with Gasteiger partial charge in [-0.3, -0.25) is 9.69 Å². The van der Waals surface area contributed by atoms with Crippen molar-refractivity contribution in [2.24, 2.45) is 5.92 Å². The number of benzene rings is 2. The number of nitrogens with zero attached hydrogens (tertiary/aromatic N) is 2. The Labute approximate surface area is 197 Å². The highest BCUT2D eigenvalue weighted by Gasteiger charge is 2.24. The van der Waals surface area contributed by atoms with E-state index in [1.165, 1.54) is 18.5 Å². The van der Waals surface area contributed by atoms with Gasteiger partial charge in [-0.2, -0.15) is 0 Å². The number of piperidine rings is 1. The molecule has 2 aliphatic heterocycles. The number of amides is 1. The molecule has 0 spiro atoms. The third-order valence-electron chi connectivity index (χ3n) is 6.49. The molecule has 8 heteroatoms. The van der Waals surface area contributed by atoms with Crippen LogP contribution in [0.3, 0.4) is 0 Å². The molecule has 0 bridgehead atoms. The number of likely N-dealkylation sites (tertiary alicyclic amines) is 1. The van der Waals surface area contributed by atoms with Crippen LogP contribution < -0.4 is 14.9 Å². The molecule has 178 valence electrons. The molecule has 1 amide bonds. The summed E-state index contributed by atoms with van der Waals surface area (Å²) in [6.07, 6.45) is 4.38. The Balaban J connectivity index is 1.24. The van der Waals surface area contributed by atoms with Gasteiger partial charge in [0.1, 0.15) is 0 Å². The summed E-state index contributed by atoms with van der Waals surface area (Å²) in [5.74, 6) is 0.149. The molecule has 1 atom stereocenters. The van der Waals surface area contributed by atoms with Crippen molar-refractivity contribution in [2.75, 3.05) is 49.5 Å². The van der Waals surface area contributed by atoms with Gasteiger partial charge in [-0.25, -0.2) is 13.1 Å². The molecule has 0 aromatic heterocycles. The summed E-state index contributed by atoms with van der Waals surface area (Å²) < 4.78 is 27.9. The molecule has 0 saturated carbocycles. The summed E-state index contributed by atoms with van der Waals surface area (Å²) in [5.41, 5.74) is 3.04. The zero-order valence-electron chi connectivity index (χ0n) is 19.3. The Morgan fingerprint density at radius 1 is 0.970 bits per heavy atom. The van der Waals surface area contributed by atoms with Gasteiger partial charge in [0, 0.05) is 37.6 Å². The topological polar surface area (TPSA) is 81.8 Å². The van der Waals surface area contributed by atoms with Gasteiger partial charge in [0.05, 0.1) is 11.4 Å². The highest BCUT2D eigenvalue weighted by molar-refractivity contribution is 7.89. The van der Waals surface area contributed by atoms with Crippen molar-refractivity contribution in [2.45, 2.75) is 37.5 Å². The maximum Gasteiger partial charge on any atom is 0.240 e. The smallest absolute Gasteiger partial charge is 0.240 e. The molecule has 1 unspecified atom stereocenters. The van der Waals surface area contributed by atoms with Gasteiger partial charge in [0.2, 0.25) is 15.9 Å². The third kappa shape index (κ3) is 6.56. The second kappa shape index (κ2) is 10.7. The fourth-order valence-electron chi connectivity index (χ4n) is 4.62. The first kappa shape index (κ1) is 23.7. The highest BCUT2D eigenvalue weighted by Crippen LogP contribution is 2.22. The molecule has 2 aliphatic rings. The number of carbonyl (C=O) groups is 1. The van der Waals surface area contributed by atoms with Crippen LogP contribution in [-0.2, 0) is 14.8 Å². The van der Waals surface area contributed by atoms with E-state index in [4.69, 9.17) is 0 Å². The number of hydrogen-bond donors (Lipinski definition) is 2. The van der Waals surface area contributed by atoms with E-state index in [-0.39, 0.29) is 16.7 Å². The van der Waals surface area contributed by atoms with Crippen LogP contribution in [-0.4, -0.2) is 58.5 Å². The molecule has 2 aromatic carbocycles. The van der Waals surface area contributed by atoms with Gasteiger partial charge in [0.25, 0.3) is 0 Å². The average Bonchev–Trinajstić information content (AvgIpc) is 3.34. The molecule has 2 heterocycles. The molecule has 7 nitrogen and oxygen atoms in total. The van der Waals surface area contributed by atoms with Crippen molar-refractivity contribution in [1.82, 2.24) is 9.62 Å². The van der Waals surface area contributed by atoms with Crippen LogP contribution in [0.5, 0.6) is 0 Å². The monoisotopic (exact) mass is 470 g/mol. The van der Waals surface area contributed by atoms with Crippen LogP contribution in [0, 0.1) is 12.8 Å². The van der Waals surface area contributed by atoms with Gasteiger partial charge in [-0.1, -0.05) is 17.7 Å². The second-order valence-corrected chi connectivity index (χ2v) is 11.0. The fraction of sp³-hybridized carbons (Fsp3) is 0.480. The summed E-state index contributed by atoms with van der Waals surface area (Å²) >= 11 is 0. The van der Waals surface area contributed by atoms with Crippen molar-refractivity contribution in [3.05, 3.63) is 54.1 Å². The standard InChI is InChI=1S/C25H34N4O3S/c1-20-6-12-24(13-7-20)33(31,32)26-17-21-5-4-14-28(18-21)19-25(30)27-22-8-10-23(11-9-22)29-15-2-3-16-29/h6-13,21,26H,2-5,14-19H2,1H3,(H,27,30). The van der Waals surface area contributed by atoms with Crippen LogP contribution in [0.2, 0.25) is 0 Å². The van der Waals surface area contributed by atoms with E-state index in [1.807, 2.05) is 19.1 Å². The lowest BCUT2D eigenvalue weighted by atomic mass is 9.98. The van der Waals surface area contributed by atoms with Crippen LogP contribution >= 0.6 is 0 Å². The molecule has 4 rings (SSSR count). The third-order valence-corrected chi connectivity index (χ3v) is 7.93. The first-order valence-corrected chi connectivity index (χ1v) is 13.3. The summed E-state index contributed by atoms with van der Waals surface area (Å²) in [7, 11) is -3.52. The van der Waals surface area contributed by atoms with E-state index in [2.05, 4.69) is 32.0 Å². The normalized spacial score (nSPS) is 19.5. The molecular weight excluding hydrogens is 436 g/mol. The Morgan fingerprint density at radius 2 is 1.67 bits per heavy atom. The van der Waals surface area contributed by atoms with Gasteiger partial charge in [-0.15, -0.1) is 0 Å². The van der Waals surface area contributed by atoms with E-state index in [0.717, 1.165) is 43.7 Å². The van der Waals surface area contributed by atoms with Crippen LogP contribution in [0.25, 0.3) is 0 Å². The number of anilines is 2. The van der Waals surface area contributed by atoms with E-state index < -0.39 is 10.0 Å². The maximum absolute atomic E-state index is 12.6. The predicted octanol–water partition coefficient (Wildman–Crippen LogP) is 3.22. The Hall–Kier alpha value is -2.42. The molecule has 2 fully saturated rings. The summed E-state index contributed by atoms with van der Waals surface area (Å²) in [6.45, 7) is 6.38. The van der Waals surface area contributed by atoms with Crippen molar-refractivity contribution in [3.8, 4) is 0 Å². The lowest BCUT2D eigenvalue weighted by Gasteiger charge is -2.32. The van der Waals surface area contributed by atoms with Gasteiger partial charge in [0.15, 0.2) is 0 Å². The first-order chi connectivity index (χ1) is 15.9. The zero-order valence-corrected chi connectivity index (χ0v) is 20.1. The molecule has 0 radical (unpaired) electrons. The Kier molecular flexibility index (Phi) is 7.67. The highest BCUT2D eigenvalue weighted by atomic mass is 32.2. The lowest BCUT2D eigenvalue weighted by Crippen LogP contribution is -2.43. The fourth-order valence-corrected chi connectivity index (χ4v) is 5.74. The predicted molar refractivity (Wildman–Crippen MR) is 132 cm³/mol. The number of rotatable bonds is 8. The number of aryl methyl sites for hydroxylation is 1. The first-order valence-electron chi connectivity index (χ1n) is 11.8. The maximum atomic E-state index is 12.6. The van der Waals surface area contributed by atoms with Crippen molar-refractivity contribution in [1.29, 1.82) is 0 Å². The van der Waals surface area contributed by atoms with E-state index >= 15 is 0 Å². The van der Waals surface area contributed by atoms with Crippen LogP contribution in [0.4, 0.5) is 11.4 Å². The van der Waals surface area contributed by atoms with Gasteiger partial charge in [-0.05, 0) is 81.5 Å². The molecule has 33 heavy (non-hydrogen) atoms. The molecule has 2 saturated heterocycles. The second-order valence-electron chi connectivity index (χ2n) is 9.20. The molecule has 2 N–H and O–H groups in total. The average molecular weight is 471 g/mol. The molecule has 2 aromatic rings. The SMILES string of the molecule is Cc1ccc(S(=O)(=O)NCC2CCCN(CC(=O)Nc3ccc(N4CCCC4)cc3)C2)cc1. The van der Waals surface area contributed by atoms with Crippen LogP contribution in [0.1, 0.15) is 31.2 Å². The minimum atomic E-state index is -3.52. The van der Waals surface area contributed by atoms with E-state index in [0.29, 0.717) is 19.6 Å². The quantitative estimate of drug-likeness (QED) is 0.619. The summed E-state index contributed by atoms with van der Waals surface area (Å²) in [6, 6.07) is 14.9. The minimum absolute atomic E-state index is 0.0372. The number of sulfonamides is 1. The molecular formula is C25H34N4O3S. The van der Waals surface area contributed by atoms with Gasteiger partial charge >= 0.3 is 0 Å². The summed E-state index contributed by atoms with van der Waals surface area (Å²) in [5, 5.41) is 2.99. The van der Waals surface area contributed by atoms with E-state index in [9.17, 15) is 13.2 Å². The zero-order chi connectivity index (χ0) is 23.3. The number of carbonyl (C=O) groups excluding carboxylic acids is 1. The summed E-state index contributed by atoms with van der Waals surface area (Å²) in [4.78, 5) is 17.4. The van der Waals surface area contributed by atoms with Gasteiger partial charge < -0.3 is 10.2 Å². The lowest BCUT2D eigenvalue weighted by molar-refractivity contribution is -0.117. The number of nitrogens with one attached hydrogen (secondary N) is 2. The van der Waals surface area contributed by atoms with Crippen molar-refractivity contribution < 1.29 is 13.2 Å². The largest absolute Gasteiger partial charge is 0.372 e. The Morgan fingerprint density at radius 3 is 2.36 bits per heavy atom. The Bertz CT molecular complexity index is 1030. The number of hydrogen-bond acceptors (Lipinski definition) is 5. The minimum Gasteiger partial charge on any atom is -0.372 e. The molecule has 0 aliphatic carbocycles. The van der Waals surface area contributed by atoms with E-state index in [1.54, 1.807) is 24.3 Å².